The Balaban J connectivity index is 2.10. The van der Waals surface area contributed by atoms with Crippen molar-refractivity contribution < 1.29 is 4.48 Å². The normalized spacial score (nSPS) is 43.7. The van der Waals surface area contributed by atoms with Crippen LogP contribution in [0.25, 0.3) is 0 Å². The molecule has 2 unspecified atom stereocenters. The van der Waals surface area contributed by atoms with Crippen LogP contribution in [0.3, 0.4) is 0 Å². The monoisotopic (exact) mass is 130 g/mol. The molecule has 1 N–H and O–H groups in total. The van der Waals surface area contributed by atoms with Gasteiger partial charge in [0.05, 0.1) is 12.1 Å². The quantitative estimate of drug-likeness (QED) is 0.475. The summed E-state index contributed by atoms with van der Waals surface area (Å²) in [5.41, 5.74) is 0. The molecule has 2 saturated heterocycles. The van der Waals surface area contributed by atoms with Gasteiger partial charge in [-0.05, 0) is 12.8 Å². The number of nitrogens with one attached hydrogen (secondary N) is 1. The highest BCUT2D eigenvalue weighted by atomic mass is 19.2. The van der Waals surface area contributed by atoms with E-state index in [1.807, 2.05) is 0 Å². The Morgan fingerprint density at radius 3 is 2.22 bits per heavy atom. The van der Waals surface area contributed by atoms with Gasteiger partial charge in [0.25, 0.3) is 0 Å². The molecule has 0 amide bonds. The van der Waals surface area contributed by atoms with Gasteiger partial charge in [0.15, 0.2) is 0 Å². The van der Waals surface area contributed by atoms with E-state index in [1.165, 1.54) is 0 Å². The van der Waals surface area contributed by atoms with Crippen molar-refractivity contribution in [1.29, 1.82) is 0 Å². The summed E-state index contributed by atoms with van der Waals surface area (Å²) < 4.78 is 12.8. The maximum Gasteiger partial charge on any atom is 0.0531 e. The SMILES string of the molecule is FN1C2CCC1CNC2. The molecule has 2 aliphatic heterocycles. The van der Waals surface area contributed by atoms with Gasteiger partial charge < -0.3 is 5.32 Å². The Morgan fingerprint density at radius 1 is 1.22 bits per heavy atom. The third-order valence-corrected chi connectivity index (χ3v) is 2.29. The smallest absolute Gasteiger partial charge is 0.0531 e. The second-order valence-corrected chi connectivity index (χ2v) is 2.89. The van der Waals surface area contributed by atoms with Crippen LogP contribution in [-0.4, -0.2) is 30.3 Å². The van der Waals surface area contributed by atoms with Gasteiger partial charge in [0.1, 0.15) is 0 Å². The molecule has 2 fully saturated rings. The standard InChI is InChI=1S/C6H11FN2/c7-9-5-1-2-6(9)4-8-3-5/h5-6,8H,1-4H2. The third kappa shape index (κ3) is 0.756. The van der Waals surface area contributed by atoms with Gasteiger partial charge >= 0.3 is 0 Å². The highest BCUT2D eigenvalue weighted by molar-refractivity contribution is 4.89. The summed E-state index contributed by atoms with van der Waals surface area (Å²) in [6.45, 7) is 1.68. The molecule has 2 rings (SSSR count). The maximum absolute atomic E-state index is 12.8. The Labute approximate surface area is 54.0 Å². The summed E-state index contributed by atoms with van der Waals surface area (Å²) in [7, 11) is 0. The number of nitrogens with zero attached hydrogens (tertiary/aromatic N) is 1. The first-order valence-corrected chi connectivity index (χ1v) is 3.53. The molecule has 3 heteroatoms. The summed E-state index contributed by atoms with van der Waals surface area (Å²) in [6, 6.07) is 0.368. The Bertz CT molecular complexity index is 102. The molecule has 2 nitrogen and oxygen atoms in total. The minimum Gasteiger partial charge on any atom is -0.313 e. The number of hydrogen-bond donors (Lipinski definition) is 1. The first kappa shape index (κ1) is 5.62. The fraction of sp³-hybridized carbons (Fsp3) is 1.00. The second-order valence-electron chi connectivity index (χ2n) is 2.89. The fourth-order valence-corrected chi connectivity index (χ4v) is 1.72. The molecule has 0 spiro atoms. The number of hydrogen-bond acceptors (Lipinski definition) is 2. The van der Waals surface area contributed by atoms with Gasteiger partial charge in [-0.15, -0.1) is 9.60 Å². The lowest BCUT2D eigenvalue weighted by molar-refractivity contribution is -0.0441. The van der Waals surface area contributed by atoms with Crippen LogP contribution in [0.15, 0.2) is 0 Å². The Morgan fingerprint density at radius 2 is 1.78 bits per heavy atom. The molecule has 2 aliphatic rings. The van der Waals surface area contributed by atoms with Gasteiger partial charge in [-0.25, -0.2) is 0 Å². The van der Waals surface area contributed by atoms with Crippen LogP contribution in [0, 0.1) is 0 Å². The van der Waals surface area contributed by atoms with Crippen molar-refractivity contribution in [1.82, 2.24) is 10.4 Å². The van der Waals surface area contributed by atoms with Gasteiger partial charge in [0.2, 0.25) is 0 Å². The summed E-state index contributed by atoms with van der Waals surface area (Å²) in [6.07, 6.45) is 2.07. The minimum absolute atomic E-state index is 0.184. The van der Waals surface area contributed by atoms with Crippen LogP contribution >= 0.6 is 0 Å². The average Bonchev–Trinajstić information content (AvgIpc) is 2.19. The van der Waals surface area contributed by atoms with Gasteiger partial charge in [-0.2, -0.15) is 0 Å². The first-order chi connectivity index (χ1) is 4.38. The van der Waals surface area contributed by atoms with E-state index in [4.69, 9.17) is 0 Å². The Kier molecular flexibility index (Phi) is 1.20. The molecule has 0 aliphatic carbocycles. The lowest BCUT2D eigenvalue weighted by Crippen LogP contribution is -2.47. The number of fused-ring (bicyclic) bond motifs is 2. The summed E-state index contributed by atoms with van der Waals surface area (Å²) in [5.74, 6) is 0. The summed E-state index contributed by atoms with van der Waals surface area (Å²) in [4.78, 5) is 0. The van der Waals surface area contributed by atoms with Crippen LogP contribution in [0.2, 0.25) is 0 Å². The molecule has 52 valence electrons. The zero-order chi connectivity index (χ0) is 6.27. The molecule has 0 aromatic heterocycles. The zero-order valence-corrected chi connectivity index (χ0v) is 5.31. The van der Waals surface area contributed by atoms with E-state index in [9.17, 15) is 4.48 Å². The van der Waals surface area contributed by atoms with Crippen molar-refractivity contribution in [3.8, 4) is 0 Å². The molecule has 9 heavy (non-hydrogen) atoms. The summed E-state index contributed by atoms with van der Waals surface area (Å²) in [5, 5.41) is 4.22. The van der Waals surface area contributed by atoms with E-state index >= 15 is 0 Å². The summed E-state index contributed by atoms with van der Waals surface area (Å²) >= 11 is 0. The van der Waals surface area contributed by atoms with Gasteiger partial charge in [-0.3, -0.25) is 0 Å². The van der Waals surface area contributed by atoms with Gasteiger partial charge in [0, 0.05) is 13.1 Å². The lowest BCUT2D eigenvalue weighted by atomic mass is 10.2. The number of halogens is 1. The maximum atomic E-state index is 12.8. The second kappa shape index (κ2) is 1.92. The zero-order valence-electron chi connectivity index (χ0n) is 5.31. The van der Waals surface area contributed by atoms with Crippen molar-refractivity contribution in [3.05, 3.63) is 0 Å². The van der Waals surface area contributed by atoms with Crippen molar-refractivity contribution in [2.45, 2.75) is 24.9 Å². The van der Waals surface area contributed by atoms with Crippen LogP contribution in [0.1, 0.15) is 12.8 Å². The molecule has 0 aromatic carbocycles. The molecule has 2 bridgehead atoms. The number of piperazine rings is 1. The largest absolute Gasteiger partial charge is 0.313 e. The molecular formula is C6H11FN2. The van der Waals surface area contributed by atoms with Crippen molar-refractivity contribution in [3.63, 3.8) is 0 Å². The molecule has 0 saturated carbocycles. The minimum atomic E-state index is 0.184. The predicted molar refractivity (Wildman–Crippen MR) is 32.6 cm³/mol. The lowest BCUT2D eigenvalue weighted by Gasteiger charge is -2.26. The van der Waals surface area contributed by atoms with Crippen LogP contribution in [0.5, 0.6) is 0 Å². The van der Waals surface area contributed by atoms with E-state index in [2.05, 4.69) is 5.32 Å². The fourth-order valence-electron chi connectivity index (χ4n) is 1.72. The van der Waals surface area contributed by atoms with Crippen molar-refractivity contribution in [2.75, 3.05) is 13.1 Å². The van der Waals surface area contributed by atoms with E-state index < -0.39 is 0 Å². The van der Waals surface area contributed by atoms with E-state index in [1.54, 1.807) is 0 Å². The van der Waals surface area contributed by atoms with Crippen molar-refractivity contribution >= 4 is 0 Å². The predicted octanol–water partition coefficient (Wildman–Crippen LogP) is 0.307. The highest BCUT2D eigenvalue weighted by Crippen LogP contribution is 2.26. The van der Waals surface area contributed by atoms with Gasteiger partial charge in [-0.1, -0.05) is 0 Å². The highest BCUT2D eigenvalue weighted by Gasteiger charge is 2.36. The molecule has 0 aromatic rings. The number of rotatable bonds is 0. The molecule has 2 atom stereocenters. The van der Waals surface area contributed by atoms with E-state index in [-0.39, 0.29) is 12.1 Å². The molecule has 2 heterocycles. The third-order valence-electron chi connectivity index (χ3n) is 2.29. The Hall–Kier alpha value is -0.150. The van der Waals surface area contributed by atoms with E-state index in [0.717, 1.165) is 31.1 Å². The average molecular weight is 130 g/mol. The van der Waals surface area contributed by atoms with Crippen molar-refractivity contribution in [2.24, 2.45) is 0 Å². The van der Waals surface area contributed by atoms with E-state index in [0.29, 0.717) is 0 Å². The van der Waals surface area contributed by atoms with Crippen LogP contribution in [-0.2, 0) is 0 Å². The van der Waals surface area contributed by atoms with Crippen LogP contribution in [0.4, 0.5) is 4.48 Å². The molecular weight excluding hydrogens is 119 g/mol. The van der Waals surface area contributed by atoms with Crippen LogP contribution < -0.4 is 5.32 Å². The molecule has 0 radical (unpaired) electrons. The first-order valence-electron chi connectivity index (χ1n) is 3.53. The topological polar surface area (TPSA) is 15.3 Å².